The molecule has 6 heteroatoms. The molecule has 6 nitrogen and oxygen atoms in total. The van der Waals surface area contributed by atoms with Gasteiger partial charge < -0.3 is 19.4 Å². The molecule has 1 heterocycles. The first-order chi connectivity index (χ1) is 11.7. The number of oxime groups is 1. The topological polar surface area (TPSA) is 77.4 Å². The van der Waals surface area contributed by atoms with Crippen LogP contribution < -0.4 is 9.47 Å². The molecule has 1 aliphatic heterocycles. The fourth-order valence-corrected chi connectivity index (χ4v) is 2.71. The lowest BCUT2D eigenvalue weighted by Crippen LogP contribution is -2.21. The van der Waals surface area contributed by atoms with E-state index in [-0.39, 0.29) is 6.10 Å². The van der Waals surface area contributed by atoms with Crippen LogP contribution in [0.2, 0.25) is 0 Å². The first-order valence-electron chi connectivity index (χ1n) is 7.40. The molecule has 3 rings (SSSR count). The number of fused-ring (bicyclic) bond motifs is 1. The summed E-state index contributed by atoms with van der Waals surface area (Å²) in [5.74, 6) is 0.808. The average molecular weight is 327 g/mol. The summed E-state index contributed by atoms with van der Waals surface area (Å²) in [7, 11) is 2.91. The molecule has 0 fully saturated rings. The Morgan fingerprint density at radius 2 is 2.08 bits per heavy atom. The molecule has 0 saturated heterocycles. The smallest absolute Gasteiger partial charge is 0.337 e. The highest BCUT2D eigenvalue weighted by atomic mass is 16.5. The summed E-state index contributed by atoms with van der Waals surface area (Å²) >= 11 is 0. The van der Waals surface area contributed by atoms with Gasteiger partial charge in [0, 0.05) is 18.1 Å². The molecule has 1 atom stereocenters. The number of hydrogen-bond acceptors (Lipinski definition) is 6. The predicted octanol–water partition coefficient (Wildman–Crippen LogP) is 3.18. The molecule has 2 aromatic carbocycles. The van der Waals surface area contributed by atoms with E-state index < -0.39 is 5.97 Å². The summed E-state index contributed by atoms with van der Waals surface area (Å²) in [6, 6.07) is 12.3. The average Bonchev–Trinajstić information content (AvgIpc) is 2.65. The third kappa shape index (κ3) is 2.90. The Balaban J connectivity index is 1.97. The van der Waals surface area contributed by atoms with Gasteiger partial charge in [0.05, 0.1) is 25.5 Å². The predicted molar refractivity (Wildman–Crippen MR) is 87.1 cm³/mol. The Morgan fingerprint density at radius 1 is 1.25 bits per heavy atom. The molecule has 0 aromatic heterocycles. The number of carbonyl (C=O) groups is 1. The van der Waals surface area contributed by atoms with Crippen molar-refractivity contribution in [3.05, 3.63) is 59.2 Å². The van der Waals surface area contributed by atoms with Gasteiger partial charge in [-0.15, -0.1) is 0 Å². The number of ether oxygens (including phenoxy) is 3. The van der Waals surface area contributed by atoms with Crippen LogP contribution in [0, 0.1) is 0 Å². The molecule has 0 spiro atoms. The number of methoxy groups -OCH3 is 2. The standard InChI is InChI=1S/C18H17NO5/c1-22-13-6-7-14-15(19-21)10-16(24-17(14)9-13)11-4-3-5-12(8-11)18(20)23-2/h3-9,16,21H,10H2,1-2H3/b19-15-/t16-/m1/s1. The Morgan fingerprint density at radius 3 is 2.79 bits per heavy atom. The number of benzene rings is 2. The van der Waals surface area contributed by atoms with Crippen LogP contribution in [-0.4, -0.2) is 31.1 Å². The zero-order valence-electron chi connectivity index (χ0n) is 13.4. The normalized spacial score (nSPS) is 17.8. The summed E-state index contributed by atoms with van der Waals surface area (Å²) < 4.78 is 16.0. The summed E-state index contributed by atoms with van der Waals surface area (Å²) in [5, 5.41) is 12.7. The molecule has 0 amide bonds. The molecule has 0 unspecified atom stereocenters. The van der Waals surface area contributed by atoms with E-state index in [1.807, 2.05) is 6.07 Å². The number of rotatable bonds is 3. The van der Waals surface area contributed by atoms with Crippen molar-refractivity contribution in [3.8, 4) is 11.5 Å². The lowest BCUT2D eigenvalue weighted by Gasteiger charge is -2.27. The van der Waals surface area contributed by atoms with Gasteiger partial charge in [0.15, 0.2) is 0 Å². The van der Waals surface area contributed by atoms with Gasteiger partial charge in [0.1, 0.15) is 17.6 Å². The first-order valence-corrected chi connectivity index (χ1v) is 7.40. The van der Waals surface area contributed by atoms with Crippen LogP contribution in [0.25, 0.3) is 0 Å². The molecule has 124 valence electrons. The van der Waals surface area contributed by atoms with E-state index in [0.717, 1.165) is 11.1 Å². The Hall–Kier alpha value is -3.02. The first kappa shape index (κ1) is 15.9. The van der Waals surface area contributed by atoms with Gasteiger partial charge in [-0.05, 0) is 29.8 Å². The minimum Gasteiger partial charge on any atom is -0.497 e. The van der Waals surface area contributed by atoms with Crippen LogP contribution in [0.15, 0.2) is 47.6 Å². The van der Waals surface area contributed by atoms with Gasteiger partial charge in [-0.1, -0.05) is 17.3 Å². The second-order valence-electron chi connectivity index (χ2n) is 5.34. The second kappa shape index (κ2) is 6.62. The second-order valence-corrected chi connectivity index (χ2v) is 5.34. The summed E-state index contributed by atoms with van der Waals surface area (Å²) in [6.45, 7) is 0. The van der Waals surface area contributed by atoms with E-state index in [1.165, 1.54) is 7.11 Å². The third-order valence-electron chi connectivity index (χ3n) is 3.95. The zero-order chi connectivity index (χ0) is 17.1. The Labute approximate surface area is 139 Å². The maximum absolute atomic E-state index is 11.7. The highest BCUT2D eigenvalue weighted by Crippen LogP contribution is 2.37. The number of nitrogens with zero attached hydrogens (tertiary/aromatic N) is 1. The van der Waals surface area contributed by atoms with Gasteiger partial charge in [-0.2, -0.15) is 0 Å². The summed E-state index contributed by atoms with van der Waals surface area (Å²) in [4.78, 5) is 11.7. The maximum atomic E-state index is 11.7. The molecule has 2 aromatic rings. The van der Waals surface area contributed by atoms with E-state index >= 15 is 0 Å². The Kier molecular flexibility index (Phi) is 4.37. The van der Waals surface area contributed by atoms with Crippen molar-refractivity contribution in [3.63, 3.8) is 0 Å². The summed E-state index contributed by atoms with van der Waals surface area (Å²) in [5.41, 5.74) is 2.48. The molecule has 0 saturated carbocycles. The molecule has 0 bridgehead atoms. The highest BCUT2D eigenvalue weighted by molar-refractivity contribution is 6.04. The van der Waals surface area contributed by atoms with Crippen molar-refractivity contribution in [1.82, 2.24) is 0 Å². The molecular formula is C18H17NO5. The van der Waals surface area contributed by atoms with E-state index in [1.54, 1.807) is 43.5 Å². The summed E-state index contributed by atoms with van der Waals surface area (Å²) in [6.07, 6.45) is 0.0144. The van der Waals surface area contributed by atoms with Crippen molar-refractivity contribution in [2.75, 3.05) is 14.2 Å². The van der Waals surface area contributed by atoms with Crippen LogP contribution >= 0.6 is 0 Å². The van der Waals surface area contributed by atoms with Gasteiger partial charge >= 0.3 is 5.97 Å². The van der Waals surface area contributed by atoms with Crippen LogP contribution in [-0.2, 0) is 4.74 Å². The van der Waals surface area contributed by atoms with E-state index in [2.05, 4.69) is 5.16 Å². The number of carbonyl (C=O) groups excluding carboxylic acids is 1. The van der Waals surface area contributed by atoms with Gasteiger partial charge in [-0.3, -0.25) is 0 Å². The fraction of sp³-hybridized carbons (Fsp3) is 0.222. The van der Waals surface area contributed by atoms with E-state index in [0.29, 0.717) is 29.2 Å². The van der Waals surface area contributed by atoms with Crippen LogP contribution in [0.4, 0.5) is 0 Å². The molecular weight excluding hydrogens is 310 g/mol. The number of hydrogen-bond donors (Lipinski definition) is 1. The number of esters is 1. The van der Waals surface area contributed by atoms with Crippen LogP contribution in [0.3, 0.4) is 0 Å². The van der Waals surface area contributed by atoms with Crippen LogP contribution in [0.5, 0.6) is 11.5 Å². The lowest BCUT2D eigenvalue weighted by molar-refractivity contribution is 0.0600. The third-order valence-corrected chi connectivity index (χ3v) is 3.95. The van der Waals surface area contributed by atoms with Crippen molar-refractivity contribution in [2.45, 2.75) is 12.5 Å². The lowest BCUT2D eigenvalue weighted by atomic mass is 9.94. The SMILES string of the molecule is COC(=O)c1cccc([C@H]2C/C(=N/O)c3ccc(OC)cc3O2)c1. The largest absolute Gasteiger partial charge is 0.497 e. The minimum absolute atomic E-state index is 0.375. The van der Waals surface area contributed by atoms with Crippen molar-refractivity contribution < 1.29 is 24.2 Å². The highest BCUT2D eigenvalue weighted by Gasteiger charge is 2.27. The van der Waals surface area contributed by atoms with Gasteiger partial charge in [0.2, 0.25) is 0 Å². The van der Waals surface area contributed by atoms with Crippen molar-refractivity contribution in [1.29, 1.82) is 0 Å². The maximum Gasteiger partial charge on any atom is 0.337 e. The minimum atomic E-state index is -0.411. The van der Waals surface area contributed by atoms with Gasteiger partial charge in [0.25, 0.3) is 0 Å². The van der Waals surface area contributed by atoms with Crippen molar-refractivity contribution >= 4 is 11.7 Å². The molecule has 1 aliphatic rings. The van der Waals surface area contributed by atoms with E-state index in [4.69, 9.17) is 14.2 Å². The van der Waals surface area contributed by atoms with Gasteiger partial charge in [-0.25, -0.2) is 4.79 Å². The fourth-order valence-electron chi connectivity index (χ4n) is 2.71. The zero-order valence-corrected chi connectivity index (χ0v) is 13.4. The molecule has 0 aliphatic carbocycles. The monoisotopic (exact) mass is 327 g/mol. The van der Waals surface area contributed by atoms with E-state index in [9.17, 15) is 10.0 Å². The molecule has 24 heavy (non-hydrogen) atoms. The molecule has 1 N–H and O–H groups in total. The van der Waals surface area contributed by atoms with Crippen LogP contribution in [0.1, 0.15) is 34.0 Å². The van der Waals surface area contributed by atoms with Crippen molar-refractivity contribution in [2.24, 2.45) is 5.16 Å². The quantitative estimate of drug-likeness (QED) is 0.532. The molecule has 0 radical (unpaired) electrons. The Bertz CT molecular complexity index is 800.